The van der Waals surface area contributed by atoms with E-state index in [2.05, 4.69) is 21.2 Å². The fraction of sp³-hybridized carbons (Fsp3) is 0.360. The second-order valence-corrected chi connectivity index (χ2v) is 11.3. The molecule has 4 aliphatic rings. The first-order valence-electron chi connectivity index (χ1n) is 11.2. The minimum absolute atomic E-state index is 0.0493. The quantitative estimate of drug-likeness (QED) is 0.246. The van der Waals surface area contributed by atoms with Gasteiger partial charge < -0.3 is 5.11 Å². The van der Waals surface area contributed by atoms with Crippen LogP contribution in [0.1, 0.15) is 24.3 Å². The van der Waals surface area contributed by atoms with Crippen LogP contribution >= 0.6 is 39.1 Å². The first kappa shape index (κ1) is 23.0. The molecule has 0 bridgehead atoms. The number of benzene rings is 2. The van der Waals surface area contributed by atoms with Crippen molar-refractivity contribution in [1.82, 2.24) is 10.2 Å². The molecule has 35 heavy (non-hydrogen) atoms. The van der Waals surface area contributed by atoms with Gasteiger partial charge in [-0.05, 0) is 35.8 Å². The summed E-state index contributed by atoms with van der Waals surface area (Å²) in [4.78, 5) is 49.9. The topological polar surface area (TPSA) is 104 Å². The second kappa shape index (κ2) is 7.54. The van der Waals surface area contributed by atoms with Gasteiger partial charge in [0.05, 0.1) is 17.3 Å². The lowest BCUT2D eigenvalue weighted by Crippen LogP contribution is -2.60. The largest absolute Gasteiger partial charge is 0.507 e. The predicted octanol–water partition coefficient (Wildman–Crippen LogP) is 3.54. The summed E-state index contributed by atoms with van der Waals surface area (Å²) in [5, 5.41) is 14.1. The number of allylic oxidation sites excluding steroid dienone is 2. The van der Waals surface area contributed by atoms with Crippen molar-refractivity contribution in [2.24, 2.45) is 17.8 Å². The normalized spacial score (nSPS) is 36.1. The number of halogens is 3. The Morgan fingerprint density at radius 3 is 2.43 bits per heavy atom. The van der Waals surface area contributed by atoms with Crippen molar-refractivity contribution in [3.63, 3.8) is 0 Å². The summed E-state index contributed by atoms with van der Waals surface area (Å²) in [5.41, 5.74) is 1.26. The van der Waals surface area contributed by atoms with Gasteiger partial charge in [-0.15, -0.1) is 23.2 Å². The van der Waals surface area contributed by atoms with Crippen LogP contribution in [0.15, 0.2) is 48.0 Å². The number of hydrogen-bond donors (Lipinski definition) is 2. The number of nitrogens with one attached hydrogen (secondary N) is 1. The fourth-order valence-corrected chi connectivity index (χ4v) is 7.98. The van der Waals surface area contributed by atoms with Crippen molar-refractivity contribution in [2.75, 3.05) is 5.45 Å². The highest BCUT2D eigenvalue weighted by Crippen LogP contribution is 2.65. The summed E-state index contributed by atoms with van der Waals surface area (Å²) >= 11 is 17.6. The molecule has 2 aromatic rings. The highest BCUT2D eigenvalue weighted by atomic mass is 79.9. The molecule has 2 heterocycles. The number of fused-ring (bicyclic) bond motifs is 5. The van der Waals surface area contributed by atoms with E-state index in [0.29, 0.717) is 22.8 Å². The molecule has 2 aliphatic carbocycles. The van der Waals surface area contributed by atoms with Crippen LogP contribution < -0.4 is 5.32 Å². The molecule has 10 heteroatoms. The van der Waals surface area contributed by atoms with E-state index >= 15 is 0 Å². The molecule has 1 saturated carbocycles. The third-order valence-corrected chi connectivity index (χ3v) is 10.0. The van der Waals surface area contributed by atoms with Gasteiger partial charge in [-0.1, -0.05) is 57.9 Å². The van der Waals surface area contributed by atoms with E-state index in [-0.39, 0.29) is 23.5 Å². The molecular weight excluding hydrogens is 559 g/mol. The number of amides is 4. The molecule has 0 spiro atoms. The molecule has 180 valence electrons. The average molecular weight is 578 g/mol. The third kappa shape index (κ3) is 2.73. The molecule has 6 rings (SSSR count). The number of imide groups is 2. The van der Waals surface area contributed by atoms with Crippen molar-refractivity contribution in [3.05, 3.63) is 53.6 Å². The van der Waals surface area contributed by atoms with Crippen molar-refractivity contribution in [2.45, 2.75) is 28.5 Å². The Morgan fingerprint density at radius 1 is 1.00 bits per heavy atom. The van der Waals surface area contributed by atoms with Gasteiger partial charge in [-0.2, -0.15) is 0 Å². The number of rotatable bonds is 2. The number of hydrogen-bond acceptors (Lipinski definition) is 5. The van der Waals surface area contributed by atoms with Crippen LogP contribution in [0.4, 0.5) is 0 Å². The van der Waals surface area contributed by atoms with E-state index in [4.69, 9.17) is 23.2 Å². The molecule has 0 unspecified atom stereocenters. The van der Waals surface area contributed by atoms with E-state index < -0.39 is 51.1 Å². The van der Waals surface area contributed by atoms with Crippen LogP contribution in [-0.4, -0.2) is 48.8 Å². The van der Waals surface area contributed by atoms with Gasteiger partial charge in [-0.3, -0.25) is 29.4 Å². The number of phenolic OH excluding ortho intramolecular Hbond substituents is 1. The predicted molar refractivity (Wildman–Crippen MR) is 132 cm³/mol. The van der Waals surface area contributed by atoms with Gasteiger partial charge in [0, 0.05) is 11.3 Å². The van der Waals surface area contributed by atoms with Gasteiger partial charge in [0.1, 0.15) is 5.75 Å². The minimum atomic E-state index is -1.87. The Bertz CT molecular complexity index is 1400. The van der Waals surface area contributed by atoms with E-state index in [0.717, 1.165) is 10.5 Å². The Hall–Kier alpha value is -2.42. The average Bonchev–Trinajstić information content (AvgIpc) is 3.21. The van der Waals surface area contributed by atoms with Crippen molar-refractivity contribution < 1.29 is 24.3 Å². The van der Waals surface area contributed by atoms with Crippen LogP contribution in [0, 0.1) is 17.8 Å². The summed E-state index contributed by atoms with van der Waals surface area (Å²) < 4.78 is 0. The van der Waals surface area contributed by atoms with Crippen LogP contribution in [0.2, 0.25) is 0 Å². The van der Waals surface area contributed by atoms with Gasteiger partial charge in [0.25, 0.3) is 11.8 Å². The van der Waals surface area contributed by atoms with Gasteiger partial charge in [-0.25, -0.2) is 0 Å². The Kier molecular flexibility index (Phi) is 4.96. The van der Waals surface area contributed by atoms with Crippen LogP contribution in [0.5, 0.6) is 5.75 Å². The first-order chi connectivity index (χ1) is 16.6. The molecule has 2 N–H and O–H groups in total. The molecule has 2 aromatic carbocycles. The van der Waals surface area contributed by atoms with Crippen LogP contribution in [0.3, 0.4) is 0 Å². The van der Waals surface area contributed by atoms with Gasteiger partial charge >= 0.3 is 0 Å². The standard InChI is InChI=1S/C25H19BrCl2N2O5/c26-10-30-22(34)24(27)9-16-14(5-6-15-18(16)21(33)29-20(15)32)19(25(24,28)23(30)35)13-7-8-17(31)12-4-2-1-3-11(12)13/h1-5,7-8,15-16,18-19,31H,6,9-10H2,(H,29,32,33)/t15-,16+,18-,19-,24+,25-/m0/s1. The maximum atomic E-state index is 13.8. The Labute approximate surface area is 218 Å². The number of likely N-dealkylation sites (tertiary alicyclic amines) is 1. The van der Waals surface area contributed by atoms with E-state index in [1.54, 1.807) is 24.3 Å². The highest BCUT2D eigenvalue weighted by molar-refractivity contribution is 9.09. The summed E-state index contributed by atoms with van der Waals surface area (Å²) in [6.45, 7) is 0. The third-order valence-electron chi connectivity index (χ3n) is 8.10. The Balaban J connectivity index is 1.66. The summed E-state index contributed by atoms with van der Waals surface area (Å²) in [7, 11) is 0. The number of nitrogens with zero attached hydrogens (tertiary/aromatic N) is 1. The van der Waals surface area contributed by atoms with E-state index in [1.165, 1.54) is 6.07 Å². The molecule has 2 aliphatic heterocycles. The monoisotopic (exact) mass is 576 g/mol. The van der Waals surface area contributed by atoms with E-state index in [1.807, 2.05) is 12.1 Å². The number of carbonyl (C=O) groups excluding carboxylic acids is 4. The summed E-state index contributed by atoms with van der Waals surface area (Å²) in [5.74, 6) is -4.62. The van der Waals surface area contributed by atoms with Crippen molar-refractivity contribution >= 4 is 73.5 Å². The zero-order valence-corrected chi connectivity index (χ0v) is 21.2. The van der Waals surface area contributed by atoms with Gasteiger partial charge in [0.2, 0.25) is 11.8 Å². The molecule has 7 nitrogen and oxygen atoms in total. The molecule has 4 amide bonds. The number of phenols is 1. The second-order valence-electron chi connectivity index (χ2n) is 9.56. The number of carbonyl (C=O) groups is 4. The zero-order valence-electron chi connectivity index (χ0n) is 18.1. The maximum Gasteiger partial charge on any atom is 0.254 e. The number of alkyl halides is 3. The van der Waals surface area contributed by atoms with Crippen LogP contribution in [-0.2, 0) is 19.2 Å². The lowest BCUT2D eigenvalue weighted by atomic mass is 9.56. The molecule has 3 fully saturated rings. The maximum absolute atomic E-state index is 13.8. The van der Waals surface area contributed by atoms with Crippen molar-refractivity contribution in [3.8, 4) is 5.75 Å². The molecule has 6 atom stereocenters. The Morgan fingerprint density at radius 2 is 1.71 bits per heavy atom. The summed E-state index contributed by atoms with van der Waals surface area (Å²) in [6, 6.07) is 10.4. The van der Waals surface area contributed by atoms with E-state index in [9.17, 15) is 24.3 Å². The van der Waals surface area contributed by atoms with Crippen LogP contribution in [0.25, 0.3) is 10.8 Å². The van der Waals surface area contributed by atoms with Gasteiger partial charge in [0.15, 0.2) is 9.75 Å². The molecule has 0 radical (unpaired) electrons. The highest BCUT2D eigenvalue weighted by Gasteiger charge is 2.76. The smallest absolute Gasteiger partial charge is 0.254 e. The molecular formula is C25H19BrCl2N2O5. The number of aromatic hydroxyl groups is 1. The fourth-order valence-electron chi connectivity index (χ4n) is 6.57. The molecule has 2 saturated heterocycles. The lowest BCUT2D eigenvalue weighted by Gasteiger charge is -2.51. The first-order valence-corrected chi connectivity index (χ1v) is 13.1. The summed E-state index contributed by atoms with van der Waals surface area (Å²) in [6.07, 6.45) is 2.14. The molecule has 0 aromatic heterocycles. The zero-order chi connectivity index (χ0) is 24.9. The van der Waals surface area contributed by atoms with Crippen molar-refractivity contribution in [1.29, 1.82) is 0 Å². The SMILES string of the molecule is O=C1NC(=O)[C@H]2CC=C3[C@@H](C[C@@]4(Cl)C(=O)N(CBr)C(=O)[C@@]4(Cl)[C@H]3c3ccc(O)c4ccccc34)[C@@H]12. The minimum Gasteiger partial charge on any atom is -0.507 e. The lowest BCUT2D eigenvalue weighted by molar-refractivity contribution is -0.138.